The third-order valence-corrected chi connectivity index (χ3v) is 6.65. The first kappa shape index (κ1) is 20.3. The van der Waals surface area contributed by atoms with Crippen molar-refractivity contribution in [1.29, 1.82) is 0 Å². The summed E-state index contributed by atoms with van der Waals surface area (Å²) >= 11 is 0. The number of amides is 1. The number of ether oxygens (including phenoxy) is 2. The van der Waals surface area contributed by atoms with Gasteiger partial charge >= 0.3 is 6.09 Å². The lowest BCUT2D eigenvalue weighted by Crippen LogP contribution is -2.60. The van der Waals surface area contributed by atoms with Gasteiger partial charge in [-0.3, -0.25) is 9.69 Å². The van der Waals surface area contributed by atoms with Gasteiger partial charge in [0.25, 0.3) is 0 Å². The molecule has 0 radical (unpaired) electrons. The van der Waals surface area contributed by atoms with Crippen LogP contribution in [0.5, 0.6) is 0 Å². The molecular weight excluding hydrogens is 390 g/mol. The van der Waals surface area contributed by atoms with Gasteiger partial charge in [0.1, 0.15) is 11.4 Å². The number of benzene rings is 2. The number of hydrogen-bond acceptors (Lipinski definition) is 4. The van der Waals surface area contributed by atoms with Crippen molar-refractivity contribution in [3.8, 4) is 11.1 Å². The molecule has 0 spiro atoms. The van der Waals surface area contributed by atoms with Crippen molar-refractivity contribution in [2.45, 2.75) is 57.2 Å². The van der Waals surface area contributed by atoms with E-state index < -0.39 is 5.60 Å². The number of ketones is 1. The van der Waals surface area contributed by atoms with Crippen molar-refractivity contribution in [2.75, 3.05) is 13.2 Å². The smallest absolute Gasteiger partial charge is 0.410 e. The zero-order valence-corrected chi connectivity index (χ0v) is 18.3. The Morgan fingerprint density at radius 3 is 1.94 bits per heavy atom. The van der Waals surface area contributed by atoms with Crippen LogP contribution in [0.15, 0.2) is 48.5 Å². The lowest BCUT2D eigenvalue weighted by Gasteiger charge is -2.48. The van der Waals surface area contributed by atoms with E-state index in [0.717, 1.165) is 22.3 Å². The summed E-state index contributed by atoms with van der Waals surface area (Å²) in [6.45, 7) is 6.54. The second-order valence-electron chi connectivity index (χ2n) is 9.91. The van der Waals surface area contributed by atoms with Gasteiger partial charge in [-0.15, -0.1) is 0 Å². The average Bonchev–Trinajstić information content (AvgIpc) is 3.05. The van der Waals surface area contributed by atoms with Gasteiger partial charge in [-0.25, -0.2) is 4.79 Å². The second-order valence-corrected chi connectivity index (χ2v) is 9.91. The summed E-state index contributed by atoms with van der Waals surface area (Å²) in [5.74, 6) is -0.0629. The monoisotopic (exact) mass is 419 g/mol. The van der Waals surface area contributed by atoms with Crippen LogP contribution >= 0.6 is 0 Å². The van der Waals surface area contributed by atoms with E-state index in [1.54, 1.807) is 0 Å². The maximum atomic E-state index is 13.9. The molecule has 5 rings (SSSR count). The molecule has 2 fully saturated rings. The van der Waals surface area contributed by atoms with Crippen LogP contribution in [-0.4, -0.2) is 47.7 Å². The topological polar surface area (TPSA) is 55.8 Å². The molecule has 0 aromatic heterocycles. The van der Waals surface area contributed by atoms with E-state index in [9.17, 15) is 9.59 Å². The van der Waals surface area contributed by atoms with E-state index in [0.29, 0.717) is 26.1 Å². The number of hydrogen-bond donors (Lipinski definition) is 0. The first-order chi connectivity index (χ1) is 14.8. The van der Waals surface area contributed by atoms with Gasteiger partial charge in [0.15, 0.2) is 0 Å². The van der Waals surface area contributed by atoms with E-state index in [4.69, 9.17) is 9.47 Å². The maximum absolute atomic E-state index is 13.9. The minimum absolute atomic E-state index is 0.0956. The molecule has 2 saturated heterocycles. The van der Waals surface area contributed by atoms with E-state index in [2.05, 4.69) is 24.3 Å². The molecular formula is C26H29NO4. The number of piperidine rings is 1. The predicted molar refractivity (Wildman–Crippen MR) is 118 cm³/mol. The summed E-state index contributed by atoms with van der Waals surface area (Å²) in [5.41, 5.74) is 3.97. The molecule has 5 heteroatoms. The molecule has 0 N–H and O–H groups in total. The highest BCUT2D eigenvalue weighted by atomic mass is 16.6. The molecule has 2 aliphatic heterocycles. The van der Waals surface area contributed by atoms with Crippen molar-refractivity contribution >= 4 is 11.9 Å². The second kappa shape index (κ2) is 7.49. The minimum atomic E-state index is -0.545. The Labute approximate surface area is 183 Å². The molecule has 31 heavy (non-hydrogen) atoms. The molecule has 5 nitrogen and oxygen atoms in total. The Hall–Kier alpha value is -2.66. The first-order valence-electron chi connectivity index (χ1n) is 11.1. The fourth-order valence-corrected chi connectivity index (χ4v) is 5.46. The quantitative estimate of drug-likeness (QED) is 0.703. The van der Waals surface area contributed by atoms with Crippen LogP contribution in [0, 0.1) is 5.92 Å². The molecule has 3 aliphatic rings. The molecule has 162 valence electrons. The Kier molecular flexibility index (Phi) is 4.89. The third-order valence-electron chi connectivity index (χ3n) is 6.65. The Morgan fingerprint density at radius 1 is 0.903 bits per heavy atom. The molecule has 2 aromatic carbocycles. The summed E-state index contributed by atoms with van der Waals surface area (Å²) in [6.07, 6.45) is 0.943. The van der Waals surface area contributed by atoms with Crippen LogP contribution in [0.25, 0.3) is 11.1 Å². The fraction of sp³-hybridized carbons (Fsp3) is 0.462. The highest BCUT2D eigenvalue weighted by Gasteiger charge is 2.47. The number of carbonyl (C=O) groups excluding carboxylic acids is 2. The van der Waals surface area contributed by atoms with Gasteiger partial charge in [-0.1, -0.05) is 48.5 Å². The van der Waals surface area contributed by atoms with Crippen molar-refractivity contribution in [3.05, 3.63) is 59.7 Å². The van der Waals surface area contributed by atoms with Gasteiger partial charge in [-0.05, 0) is 55.9 Å². The van der Waals surface area contributed by atoms with Crippen molar-refractivity contribution in [1.82, 2.24) is 4.90 Å². The summed E-state index contributed by atoms with van der Waals surface area (Å²) in [7, 11) is 0. The molecule has 1 aliphatic carbocycles. The number of Topliss-reactive ketones (excluding diaryl/α,β-unsaturated/α-hetero) is 1. The average molecular weight is 420 g/mol. The fourth-order valence-electron chi connectivity index (χ4n) is 5.46. The highest BCUT2D eigenvalue weighted by Crippen LogP contribution is 2.47. The number of rotatable bonds is 2. The lowest BCUT2D eigenvalue weighted by molar-refractivity contribution is -0.132. The molecule has 2 aromatic rings. The highest BCUT2D eigenvalue weighted by molar-refractivity contribution is 5.98. The number of fused-ring (bicyclic) bond motifs is 5. The summed E-state index contributed by atoms with van der Waals surface area (Å²) < 4.78 is 11.4. The molecule has 2 heterocycles. The van der Waals surface area contributed by atoms with Crippen LogP contribution in [0.1, 0.15) is 50.7 Å². The van der Waals surface area contributed by atoms with Crippen molar-refractivity contribution < 1.29 is 19.1 Å². The zero-order chi connectivity index (χ0) is 21.8. The number of carbonyl (C=O) groups is 2. The normalized spacial score (nSPS) is 25.0. The van der Waals surface area contributed by atoms with Crippen LogP contribution in [0.3, 0.4) is 0 Å². The maximum Gasteiger partial charge on any atom is 0.410 e. The summed E-state index contributed by atoms with van der Waals surface area (Å²) in [4.78, 5) is 28.6. The van der Waals surface area contributed by atoms with Crippen molar-refractivity contribution in [3.63, 3.8) is 0 Å². The Bertz CT molecular complexity index is 965. The molecule has 1 amide bonds. The summed E-state index contributed by atoms with van der Waals surface area (Å²) in [6, 6.07) is 16.2. The largest absolute Gasteiger partial charge is 0.444 e. The van der Waals surface area contributed by atoms with E-state index in [1.165, 1.54) is 0 Å². The lowest BCUT2D eigenvalue weighted by atomic mass is 9.76. The Balaban J connectivity index is 1.42. The first-order valence-corrected chi connectivity index (χ1v) is 11.1. The molecule has 2 atom stereocenters. The number of nitrogens with zero attached hydrogens (tertiary/aromatic N) is 1. The van der Waals surface area contributed by atoms with Crippen LogP contribution in [-0.2, 0) is 14.3 Å². The van der Waals surface area contributed by atoms with Gasteiger partial charge in [0.2, 0.25) is 0 Å². The van der Waals surface area contributed by atoms with Gasteiger partial charge < -0.3 is 9.47 Å². The van der Waals surface area contributed by atoms with E-state index >= 15 is 0 Å². The van der Waals surface area contributed by atoms with Gasteiger partial charge in [0.05, 0.1) is 31.2 Å². The van der Waals surface area contributed by atoms with Crippen molar-refractivity contribution in [2.24, 2.45) is 5.92 Å². The van der Waals surface area contributed by atoms with Crippen LogP contribution in [0.4, 0.5) is 4.79 Å². The predicted octanol–water partition coefficient (Wildman–Crippen LogP) is 4.78. The summed E-state index contributed by atoms with van der Waals surface area (Å²) in [5, 5.41) is 0. The number of morpholine rings is 1. The van der Waals surface area contributed by atoms with Gasteiger partial charge in [0, 0.05) is 5.92 Å². The van der Waals surface area contributed by atoms with E-state index in [-0.39, 0.29) is 35.8 Å². The Morgan fingerprint density at radius 2 is 1.42 bits per heavy atom. The van der Waals surface area contributed by atoms with Crippen LogP contribution in [0.2, 0.25) is 0 Å². The SMILES string of the molecule is CC(C)(C)OC(=O)N1C2COCC1CC(C(=O)C1c3ccccc3-c3ccccc31)C2. The molecule has 0 saturated carbocycles. The molecule has 2 bridgehead atoms. The third kappa shape index (κ3) is 3.55. The molecule has 2 unspecified atom stereocenters. The standard InChI is InChI=1S/C26H29NO4/c1-26(2,3)31-25(29)27-17-12-16(13-18(27)15-30-14-17)24(28)23-21-10-6-4-8-19(21)20-9-5-7-11-22(20)23/h4-11,16-18,23H,12-15H2,1-3H3. The minimum Gasteiger partial charge on any atom is -0.444 e. The van der Waals surface area contributed by atoms with E-state index in [1.807, 2.05) is 49.9 Å². The van der Waals surface area contributed by atoms with Gasteiger partial charge in [-0.2, -0.15) is 0 Å². The zero-order valence-electron chi connectivity index (χ0n) is 18.3. The van der Waals surface area contributed by atoms with Crippen LogP contribution < -0.4 is 0 Å².